The Kier molecular flexibility index (Phi) is 16.8. The van der Waals surface area contributed by atoms with Gasteiger partial charge in [-0.15, -0.1) is 0 Å². The SMILES string of the molecule is COCCCN1CCOc2ccc(CO[C@H]3CN(S(=O)(=O)c4ccc(C)cc4)[C@@H](CC(C)(C)NC(=O)OCc4ccccc4)C[C@@H]3c3ccc(COCC(C)COC)cc3)cc21. The van der Waals surface area contributed by atoms with Gasteiger partial charge in [-0.2, -0.15) is 4.31 Å². The van der Waals surface area contributed by atoms with Crippen LogP contribution in [0.1, 0.15) is 73.8 Å². The minimum Gasteiger partial charge on any atom is -0.490 e. The maximum Gasteiger partial charge on any atom is 0.407 e. The van der Waals surface area contributed by atoms with Crippen LogP contribution in [0.25, 0.3) is 0 Å². The summed E-state index contributed by atoms with van der Waals surface area (Å²) in [5.41, 5.74) is 5.07. The smallest absolute Gasteiger partial charge is 0.407 e. The van der Waals surface area contributed by atoms with E-state index in [1.807, 2.05) is 75.4 Å². The van der Waals surface area contributed by atoms with E-state index in [0.717, 1.165) is 58.8 Å². The number of nitrogens with one attached hydrogen (secondary N) is 1. The predicted molar refractivity (Wildman–Crippen MR) is 241 cm³/mol. The topological polar surface area (TPSA) is 125 Å². The maximum atomic E-state index is 14.8. The van der Waals surface area contributed by atoms with E-state index in [2.05, 4.69) is 47.5 Å². The number of hydrogen-bond donors (Lipinski definition) is 1. The second-order valence-corrected chi connectivity index (χ2v) is 19.2. The second kappa shape index (κ2) is 22.2. The van der Waals surface area contributed by atoms with E-state index in [4.69, 9.17) is 28.4 Å². The average molecular weight is 872 g/mol. The number of piperidine rings is 1. The molecule has 0 radical (unpaired) electrons. The first-order valence-corrected chi connectivity index (χ1v) is 23.1. The van der Waals surface area contributed by atoms with Crippen molar-refractivity contribution in [2.75, 3.05) is 65.2 Å². The third-order valence-electron chi connectivity index (χ3n) is 11.5. The Morgan fingerprint density at radius 1 is 0.887 bits per heavy atom. The highest BCUT2D eigenvalue weighted by molar-refractivity contribution is 7.89. The summed E-state index contributed by atoms with van der Waals surface area (Å²) >= 11 is 0. The molecule has 4 aromatic carbocycles. The molecular formula is C49H65N3O9S. The number of alkyl carbamates (subject to hydrolysis) is 1. The lowest BCUT2D eigenvalue weighted by atomic mass is 9.80. The van der Waals surface area contributed by atoms with Gasteiger partial charge in [0, 0.05) is 57.3 Å². The number of carbonyl (C=O) groups excluding carboxylic acids is 1. The molecule has 12 nitrogen and oxygen atoms in total. The molecule has 2 aliphatic rings. The average Bonchev–Trinajstić information content (AvgIpc) is 3.25. The molecule has 336 valence electrons. The van der Waals surface area contributed by atoms with E-state index < -0.39 is 33.8 Å². The van der Waals surface area contributed by atoms with Crippen LogP contribution < -0.4 is 15.0 Å². The Balaban J connectivity index is 1.28. The van der Waals surface area contributed by atoms with Gasteiger partial charge >= 0.3 is 6.09 Å². The molecule has 1 fully saturated rings. The number of amides is 1. The molecule has 0 aliphatic carbocycles. The zero-order valence-corrected chi connectivity index (χ0v) is 38.0. The summed E-state index contributed by atoms with van der Waals surface area (Å²) in [5, 5.41) is 3.04. The van der Waals surface area contributed by atoms with Crippen molar-refractivity contribution >= 4 is 21.8 Å². The van der Waals surface area contributed by atoms with Crippen molar-refractivity contribution in [1.82, 2.24) is 9.62 Å². The number of carbonyl (C=O) groups is 1. The minimum atomic E-state index is -4.00. The van der Waals surface area contributed by atoms with Gasteiger partial charge < -0.3 is 38.6 Å². The Morgan fingerprint density at radius 3 is 2.34 bits per heavy atom. The van der Waals surface area contributed by atoms with E-state index in [1.165, 1.54) is 0 Å². The molecule has 2 heterocycles. The Hall–Kier alpha value is -4.50. The molecule has 0 spiro atoms. The zero-order valence-electron chi connectivity index (χ0n) is 37.2. The van der Waals surface area contributed by atoms with Crippen LogP contribution in [0.5, 0.6) is 5.75 Å². The van der Waals surface area contributed by atoms with Gasteiger partial charge in [-0.3, -0.25) is 0 Å². The molecule has 1 unspecified atom stereocenters. The Bertz CT molecular complexity index is 2120. The van der Waals surface area contributed by atoms with Crippen LogP contribution in [0.3, 0.4) is 0 Å². The molecule has 0 saturated carbocycles. The predicted octanol–water partition coefficient (Wildman–Crippen LogP) is 8.26. The number of rotatable bonds is 21. The van der Waals surface area contributed by atoms with Crippen molar-refractivity contribution in [2.45, 2.75) is 95.3 Å². The highest BCUT2D eigenvalue weighted by atomic mass is 32.2. The molecule has 13 heteroatoms. The lowest BCUT2D eigenvalue weighted by molar-refractivity contribution is -0.0235. The van der Waals surface area contributed by atoms with Crippen LogP contribution in [0.2, 0.25) is 0 Å². The van der Waals surface area contributed by atoms with Crippen LogP contribution in [0.4, 0.5) is 10.5 Å². The molecule has 1 saturated heterocycles. The van der Waals surface area contributed by atoms with E-state index in [0.29, 0.717) is 45.9 Å². The van der Waals surface area contributed by atoms with Gasteiger partial charge in [-0.1, -0.05) is 85.3 Å². The minimum absolute atomic E-state index is 0.111. The van der Waals surface area contributed by atoms with E-state index in [9.17, 15) is 13.2 Å². The monoisotopic (exact) mass is 871 g/mol. The summed E-state index contributed by atoms with van der Waals surface area (Å²) in [4.78, 5) is 15.7. The molecular weight excluding hydrogens is 807 g/mol. The van der Waals surface area contributed by atoms with Crippen LogP contribution in [-0.4, -0.2) is 96.8 Å². The third kappa shape index (κ3) is 13.0. The van der Waals surface area contributed by atoms with Crippen molar-refractivity contribution in [3.8, 4) is 5.75 Å². The Morgan fingerprint density at radius 2 is 1.61 bits per heavy atom. The number of ether oxygens (including phenoxy) is 6. The number of fused-ring (bicyclic) bond motifs is 1. The first kappa shape index (κ1) is 47.0. The van der Waals surface area contributed by atoms with Gasteiger partial charge in [0.25, 0.3) is 0 Å². The molecule has 0 bridgehead atoms. The number of aryl methyl sites for hydroxylation is 1. The largest absolute Gasteiger partial charge is 0.490 e. The Labute approximate surface area is 368 Å². The highest BCUT2D eigenvalue weighted by Crippen LogP contribution is 2.40. The standard InChI is InChI=1S/C49H65N3O9S/c1-36-13-20-43(21-14-36)62(54,55)52-30-47(60-35-40-17-22-46-45(27-40)51(24-26-59-46)23-10-25-56-5)44(41-18-15-39(16-19-41)33-58-32-37(2)31-57-6)28-42(52)29-49(3,4)50-48(53)61-34-38-11-8-7-9-12-38/h7-9,11-22,27,37,42,44,47H,10,23-26,28-35H2,1-6H3,(H,50,53)/t37?,42-,44-,47+/m1/s1. The summed E-state index contributed by atoms with van der Waals surface area (Å²) < 4.78 is 66.3. The maximum absolute atomic E-state index is 14.8. The first-order valence-electron chi connectivity index (χ1n) is 21.7. The number of benzene rings is 4. The zero-order chi connectivity index (χ0) is 44.1. The van der Waals surface area contributed by atoms with E-state index >= 15 is 0 Å². The number of sulfonamides is 1. The van der Waals surface area contributed by atoms with Gasteiger partial charge in [-0.25, -0.2) is 13.2 Å². The highest BCUT2D eigenvalue weighted by Gasteiger charge is 2.45. The number of anilines is 1. The molecule has 62 heavy (non-hydrogen) atoms. The van der Waals surface area contributed by atoms with Gasteiger partial charge in [0.15, 0.2) is 0 Å². The number of nitrogens with zero attached hydrogens (tertiary/aromatic N) is 2. The molecule has 4 atom stereocenters. The van der Waals surface area contributed by atoms with Crippen molar-refractivity contribution in [1.29, 1.82) is 0 Å². The van der Waals surface area contributed by atoms with Gasteiger partial charge in [0.2, 0.25) is 10.0 Å². The van der Waals surface area contributed by atoms with Gasteiger partial charge in [0.05, 0.1) is 49.7 Å². The van der Waals surface area contributed by atoms with Crippen molar-refractivity contribution in [3.63, 3.8) is 0 Å². The third-order valence-corrected chi connectivity index (χ3v) is 13.5. The van der Waals surface area contributed by atoms with E-state index in [1.54, 1.807) is 30.7 Å². The lowest BCUT2D eigenvalue weighted by Gasteiger charge is -2.45. The van der Waals surface area contributed by atoms with Crippen molar-refractivity contribution < 1.29 is 41.6 Å². The number of methoxy groups -OCH3 is 2. The van der Waals surface area contributed by atoms with E-state index in [-0.39, 0.29) is 36.5 Å². The second-order valence-electron chi connectivity index (χ2n) is 17.3. The summed E-state index contributed by atoms with van der Waals surface area (Å²) in [7, 11) is -0.596. The van der Waals surface area contributed by atoms with Crippen LogP contribution in [0.15, 0.2) is 102 Å². The van der Waals surface area contributed by atoms with Crippen LogP contribution in [-0.2, 0) is 53.5 Å². The van der Waals surface area contributed by atoms with Crippen LogP contribution >= 0.6 is 0 Å². The molecule has 6 rings (SSSR count). The van der Waals surface area contributed by atoms with Crippen molar-refractivity contribution in [3.05, 3.63) is 125 Å². The van der Waals surface area contributed by atoms with Gasteiger partial charge in [0.1, 0.15) is 19.0 Å². The molecule has 2 aliphatic heterocycles. The fourth-order valence-electron chi connectivity index (χ4n) is 8.35. The van der Waals surface area contributed by atoms with Crippen LogP contribution in [0, 0.1) is 12.8 Å². The normalized spacial score (nSPS) is 18.7. The lowest BCUT2D eigenvalue weighted by Crippen LogP contribution is -2.56. The van der Waals surface area contributed by atoms with Gasteiger partial charge in [-0.05, 0) is 86.6 Å². The summed E-state index contributed by atoms with van der Waals surface area (Å²) in [6, 6.07) is 30.5. The summed E-state index contributed by atoms with van der Waals surface area (Å²) in [6.45, 7) is 13.0. The fourth-order valence-corrected chi connectivity index (χ4v) is 10.00. The summed E-state index contributed by atoms with van der Waals surface area (Å²) in [5.74, 6) is 0.943. The molecule has 0 aromatic heterocycles. The van der Waals surface area contributed by atoms with Crippen molar-refractivity contribution in [2.24, 2.45) is 5.92 Å². The number of hydrogen-bond acceptors (Lipinski definition) is 10. The molecule has 1 N–H and O–H groups in total. The molecule has 4 aromatic rings. The first-order chi connectivity index (χ1) is 29.8. The fraction of sp³-hybridized carbons (Fsp3) is 0.490. The summed E-state index contributed by atoms with van der Waals surface area (Å²) in [6.07, 6.45) is 0.612. The quantitative estimate of drug-likeness (QED) is 0.0819. The molecule has 1 amide bonds.